The van der Waals surface area contributed by atoms with Gasteiger partial charge in [-0.2, -0.15) is 0 Å². The van der Waals surface area contributed by atoms with Crippen molar-refractivity contribution >= 4 is 0 Å². The van der Waals surface area contributed by atoms with Crippen molar-refractivity contribution in [1.29, 1.82) is 0 Å². The molecule has 0 radical (unpaired) electrons. The van der Waals surface area contributed by atoms with E-state index in [1.807, 2.05) is 0 Å². The van der Waals surface area contributed by atoms with Crippen LogP contribution in [-0.2, 0) is 0 Å². The van der Waals surface area contributed by atoms with E-state index in [2.05, 4.69) is 0 Å². The van der Waals surface area contributed by atoms with Crippen molar-refractivity contribution in [1.82, 2.24) is 0 Å². The molecule has 0 rings (SSSR count). The molecule has 0 saturated carbocycles. The standard InChI is InChI=1S/C5H12FNO/c6-3-5(4-8)1-2-7/h5,8H,1-4,7H2. The first-order chi connectivity index (χ1) is 3.85. The third-order valence-corrected chi connectivity index (χ3v) is 1.05. The van der Waals surface area contributed by atoms with Gasteiger partial charge in [-0.3, -0.25) is 4.39 Å². The summed E-state index contributed by atoms with van der Waals surface area (Å²) in [5.41, 5.74) is 5.10. The van der Waals surface area contributed by atoms with E-state index in [0.717, 1.165) is 0 Å². The fourth-order valence-corrected chi connectivity index (χ4v) is 0.453. The van der Waals surface area contributed by atoms with Gasteiger partial charge in [0.05, 0.1) is 6.67 Å². The Morgan fingerprint density at radius 2 is 2.25 bits per heavy atom. The van der Waals surface area contributed by atoms with Crippen LogP contribution in [0.5, 0.6) is 0 Å². The Hall–Kier alpha value is -0.150. The van der Waals surface area contributed by atoms with Crippen LogP contribution in [0, 0.1) is 5.92 Å². The lowest BCUT2D eigenvalue weighted by Gasteiger charge is -2.05. The number of alkyl halides is 1. The second kappa shape index (κ2) is 5.00. The number of hydrogen-bond acceptors (Lipinski definition) is 2. The van der Waals surface area contributed by atoms with E-state index >= 15 is 0 Å². The molecule has 0 bridgehead atoms. The highest BCUT2D eigenvalue weighted by Crippen LogP contribution is 1.99. The Bertz CT molecular complexity index is 47.7. The highest BCUT2D eigenvalue weighted by Gasteiger charge is 2.03. The van der Waals surface area contributed by atoms with Gasteiger partial charge in [0.25, 0.3) is 0 Å². The number of halogens is 1. The fraction of sp³-hybridized carbons (Fsp3) is 1.00. The van der Waals surface area contributed by atoms with E-state index in [1.165, 1.54) is 0 Å². The molecule has 0 spiro atoms. The number of aliphatic hydroxyl groups is 1. The van der Waals surface area contributed by atoms with Crippen LogP contribution in [-0.4, -0.2) is 24.9 Å². The molecule has 0 aliphatic rings. The molecule has 0 saturated heterocycles. The third-order valence-electron chi connectivity index (χ3n) is 1.05. The number of hydrogen-bond donors (Lipinski definition) is 2. The maximum absolute atomic E-state index is 11.6. The van der Waals surface area contributed by atoms with E-state index in [9.17, 15) is 4.39 Å². The van der Waals surface area contributed by atoms with Gasteiger partial charge >= 0.3 is 0 Å². The number of aliphatic hydroxyl groups excluding tert-OH is 1. The predicted molar refractivity (Wildman–Crippen MR) is 30.2 cm³/mol. The summed E-state index contributed by atoms with van der Waals surface area (Å²) in [5, 5.41) is 8.36. The zero-order chi connectivity index (χ0) is 6.41. The molecule has 1 unspecified atom stereocenters. The van der Waals surface area contributed by atoms with Gasteiger partial charge < -0.3 is 10.8 Å². The molecule has 0 heterocycles. The second-order valence-electron chi connectivity index (χ2n) is 1.78. The Morgan fingerprint density at radius 1 is 1.62 bits per heavy atom. The first-order valence-corrected chi connectivity index (χ1v) is 2.72. The molecule has 2 nitrogen and oxygen atoms in total. The SMILES string of the molecule is NCCC(CO)CF. The van der Waals surface area contributed by atoms with Crippen molar-refractivity contribution in [3.8, 4) is 0 Å². The van der Waals surface area contributed by atoms with Gasteiger partial charge in [0.15, 0.2) is 0 Å². The maximum Gasteiger partial charge on any atom is 0.0944 e. The molecule has 0 aliphatic heterocycles. The molecular formula is C5H12FNO. The summed E-state index contributed by atoms with van der Waals surface area (Å²) in [7, 11) is 0. The lowest BCUT2D eigenvalue weighted by molar-refractivity contribution is 0.191. The molecule has 3 N–H and O–H groups in total. The minimum Gasteiger partial charge on any atom is -0.396 e. The van der Waals surface area contributed by atoms with Crippen LogP contribution in [0.15, 0.2) is 0 Å². The Labute approximate surface area is 48.5 Å². The quantitative estimate of drug-likeness (QED) is 0.546. The zero-order valence-corrected chi connectivity index (χ0v) is 4.81. The minimum absolute atomic E-state index is 0.0896. The van der Waals surface area contributed by atoms with E-state index in [-0.39, 0.29) is 12.5 Å². The van der Waals surface area contributed by atoms with Crippen LogP contribution < -0.4 is 5.73 Å². The molecule has 0 aromatic carbocycles. The topological polar surface area (TPSA) is 46.2 Å². The summed E-state index contributed by atoms with van der Waals surface area (Å²) < 4.78 is 11.6. The summed E-state index contributed by atoms with van der Waals surface area (Å²) in [6, 6.07) is 0. The Balaban J connectivity index is 3.07. The average Bonchev–Trinajstić information content (AvgIpc) is 1.83. The summed E-state index contributed by atoms with van der Waals surface area (Å²) in [6.07, 6.45) is 0.576. The van der Waals surface area contributed by atoms with Crippen molar-refractivity contribution in [2.75, 3.05) is 19.8 Å². The molecule has 50 valence electrons. The van der Waals surface area contributed by atoms with Crippen molar-refractivity contribution < 1.29 is 9.50 Å². The molecule has 0 aromatic heterocycles. The van der Waals surface area contributed by atoms with Crippen LogP contribution in [0.3, 0.4) is 0 Å². The molecule has 0 fully saturated rings. The average molecular weight is 121 g/mol. The smallest absolute Gasteiger partial charge is 0.0944 e. The first-order valence-electron chi connectivity index (χ1n) is 2.72. The van der Waals surface area contributed by atoms with E-state index < -0.39 is 6.67 Å². The predicted octanol–water partition coefficient (Wildman–Crippen LogP) is -0.0868. The monoisotopic (exact) mass is 121 g/mol. The van der Waals surface area contributed by atoms with Gasteiger partial charge in [-0.25, -0.2) is 0 Å². The van der Waals surface area contributed by atoms with E-state index in [0.29, 0.717) is 13.0 Å². The van der Waals surface area contributed by atoms with Gasteiger partial charge in [0.1, 0.15) is 0 Å². The molecule has 0 amide bonds. The van der Waals surface area contributed by atoms with Gasteiger partial charge in [-0.1, -0.05) is 0 Å². The van der Waals surface area contributed by atoms with Gasteiger partial charge in [0.2, 0.25) is 0 Å². The van der Waals surface area contributed by atoms with Crippen LogP contribution >= 0.6 is 0 Å². The fourth-order valence-electron chi connectivity index (χ4n) is 0.453. The summed E-state index contributed by atoms with van der Waals surface area (Å²) in [5.74, 6) is -0.236. The van der Waals surface area contributed by atoms with Crippen LogP contribution in [0.1, 0.15) is 6.42 Å². The molecule has 3 heteroatoms. The molecule has 8 heavy (non-hydrogen) atoms. The summed E-state index contributed by atoms with van der Waals surface area (Å²) >= 11 is 0. The van der Waals surface area contributed by atoms with E-state index in [4.69, 9.17) is 10.8 Å². The van der Waals surface area contributed by atoms with E-state index in [1.54, 1.807) is 0 Å². The van der Waals surface area contributed by atoms with Crippen molar-refractivity contribution in [3.05, 3.63) is 0 Å². The minimum atomic E-state index is -0.465. The normalized spacial score (nSPS) is 13.9. The second-order valence-corrected chi connectivity index (χ2v) is 1.78. The zero-order valence-electron chi connectivity index (χ0n) is 4.81. The first kappa shape index (κ1) is 7.85. The summed E-state index contributed by atoms with van der Waals surface area (Å²) in [4.78, 5) is 0. The van der Waals surface area contributed by atoms with Crippen LogP contribution in [0.4, 0.5) is 4.39 Å². The van der Waals surface area contributed by atoms with Gasteiger partial charge in [-0.15, -0.1) is 0 Å². The number of rotatable bonds is 4. The van der Waals surface area contributed by atoms with Crippen molar-refractivity contribution in [2.24, 2.45) is 11.7 Å². The molecule has 1 atom stereocenters. The highest BCUT2D eigenvalue weighted by molar-refractivity contribution is 4.54. The van der Waals surface area contributed by atoms with Gasteiger partial charge in [-0.05, 0) is 13.0 Å². The van der Waals surface area contributed by atoms with Crippen molar-refractivity contribution in [2.45, 2.75) is 6.42 Å². The Morgan fingerprint density at radius 3 is 2.38 bits per heavy atom. The molecule has 0 aromatic rings. The van der Waals surface area contributed by atoms with Gasteiger partial charge in [0, 0.05) is 12.5 Å². The van der Waals surface area contributed by atoms with Crippen LogP contribution in [0.25, 0.3) is 0 Å². The highest BCUT2D eigenvalue weighted by atomic mass is 19.1. The largest absolute Gasteiger partial charge is 0.396 e. The molecular weight excluding hydrogens is 109 g/mol. The summed E-state index contributed by atoms with van der Waals surface area (Å²) in [6.45, 7) is -0.101. The van der Waals surface area contributed by atoms with Crippen LogP contribution in [0.2, 0.25) is 0 Å². The number of nitrogens with two attached hydrogens (primary N) is 1. The molecule has 0 aliphatic carbocycles. The lowest BCUT2D eigenvalue weighted by Crippen LogP contribution is -2.13. The lowest BCUT2D eigenvalue weighted by atomic mass is 10.1. The van der Waals surface area contributed by atoms with Crippen molar-refractivity contribution in [3.63, 3.8) is 0 Å². The third kappa shape index (κ3) is 2.93. The Kier molecular flexibility index (Phi) is 4.90. The maximum atomic E-state index is 11.6.